The van der Waals surface area contributed by atoms with E-state index in [1.165, 1.54) is 17.0 Å². The maximum Gasteiger partial charge on any atom is 0.261 e. The van der Waals surface area contributed by atoms with Crippen LogP contribution in [-0.2, 0) is 6.42 Å². The van der Waals surface area contributed by atoms with E-state index in [0.29, 0.717) is 37.2 Å². The van der Waals surface area contributed by atoms with Crippen molar-refractivity contribution < 1.29 is 14.0 Å². The van der Waals surface area contributed by atoms with E-state index in [1.807, 2.05) is 6.92 Å². The minimum absolute atomic E-state index is 0. The lowest BCUT2D eigenvalue weighted by Crippen LogP contribution is -2.38. The van der Waals surface area contributed by atoms with Gasteiger partial charge in [0.05, 0.1) is 11.1 Å². The van der Waals surface area contributed by atoms with Crippen molar-refractivity contribution in [3.63, 3.8) is 0 Å². The molecule has 166 valence electrons. The van der Waals surface area contributed by atoms with Crippen molar-refractivity contribution in [2.45, 2.75) is 26.2 Å². The van der Waals surface area contributed by atoms with Gasteiger partial charge in [0.2, 0.25) is 0 Å². The fourth-order valence-electron chi connectivity index (χ4n) is 3.33. The van der Waals surface area contributed by atoms with Crippen LogP contribution in [0.1, 0.15) is 46.0 Å². The monoisotopic (exact) mass is 538 g/mol. The van der Waals surface area contributed by atoms with Gasteiger partial charge in [-0.3, -0.25) is 19.5 Å². The number of fused-ring (bicyclic) bond motifs is 1. The number of carbonyl (C=O) groups is 2. The van der Waals surface area contributed by atoms with Crippen LogP contribution < -0.4 is 10.6 Å². The SMILES string of the molecule is CCNC(=NCCCCN1C(=O)c2ccccc2C1=O)NCCc1ccc(F)cc1.I. The smallest absolute Gasteiger partial charge is 0.261 e. The zero-order chi connectivity index (χ0) is 21.3. The van der Waals surface area contributed by atoms with Gasteiger partial charge < -0.3 is 10.6 Å². The van der Waals surface area contributed by atoms with Gasteiger partial charge in [-0.2, -0.15) is 0 Å². The second-order valence-electron chi connectivity index (χ2n) is 7.08. The average Bonchev–Trinajstić information content (AvgIpc) is 3.00. The number of rotatable bonds is 9. The molecule has 0 saturated heterocycles. The highest BCUT2D eigenvalue weighted by Crippen LogP contribution is 2.22. The Labute approximate surface area is 199 Å². The van der Waals surface area contributed by atoms with Gasteiger partial charge in [0, 0.05) is 26.2 Å². The number of carbonyl (C=O) groups excluding carboxylic acids is 2. The number of nitrogens with one attached hydrogen (secondary N) is 2. The van der Waals surface area contributed by atoms with Crippen molar-refractivity contribution in [2.24, 2.45) is 4.99 Å². The topological polar surface area (TPSA) is 73.8 Å². The molecule has 2 amide bonds. The van der Waals surface area contributed by atoms with Gasteiger partial charge in [0.15, 0.2) is 5.96 Å². The lowest BCUT2D eigenvalue weighted by atomic mass is 10.1. The van der Waals surface area contributed by atoms with Crippen LogP contribution in [-0.4, -0.2) is 48.9 Å². The van der Waals surface area contributed by atoms with Gasteiger partial charge in [0.1, 0.15) is 5.82 Å². The van der Waals surface area contributed by atoms with Crippen LogP contribution in [0, 0.1) is 5.82 Å². The number of guanidine groups is 1. The quantitative estimate of drug-likeness (QED) is 0.168. The molecule has 31 heavy (non-hydrogen) atoms. The van der Waals surface area contributed by atoms with Crippen molar-refractivity contribution >= 4 is 41.8 Å². The maximum atomic E-state index is 13.0. The number of aliphatic imine (C=N–C) groups is 1. The minimum atomic E-state index is -0.233. The molecule has 0 unspecified atom stereocenters. The van der Waals surface area contributed by atoms with E-state index in [1.54, 1.807) is 36.4 Å². The summed E-state index contributed by atoms with van der Waals surface area (Å²) in [6.07, 6.45) is 2.23. The van der Waals surface area contributed by atoms with Crippen LogP contribution in [0.4, 0.5) is 4.39 Å². The lowest BCUT2D eigenvalue weighted by Gasteiger charge is -2.13. The predicted molar refractivity (Wildman–Crippen MR) is 131 cm³/mol. The molecule has 2 aromatic rings. The number of amides is 2. The fourth-order valence-corrected chi connectivity index (χ4v) is 3.33. The van der Waals surface area contributed by atoms with Crippen LogP contribution in [0.2, 0.25) is 0 Å². The van der Waals surface area contributed by atoms with E-state index in [0.717, 1.165) is 30.9 Å². The first-order chi connectivity index (χ1) is 14.6. The molecule has 1 aliphatic rings. The molecule has 0 aromatic heterocycles. The summed E-state index contributed by atoms with van der Waals surface area (Å²) in [4.78, 5) is 30.6. The number of nitrogens with zero attached hydrogens (tertiary/aromatic N) is 2. The predicted octanol–water partition coefficient (Wildman–Crippen LogP) is 3.62. The molecule has 1 heterocycles. The van der Waals surface area contributed by atoms with Gasteiger partial charge in [0.25, 0.3) is 11.8 Å². The lowest BCUT2D eigenvalue weighted by molar-refractivity contribution is 0.0652. The van der Waals surface area contributed by atoms with E-state index in [-0.39, 0.29) is 41.6 Å². The van der Waals surface area contributed by atoms with E-state index in [9.17, 15) is 14.0 Å². The third kappa shape index (κ3) is 6.75. The molecule has 2 aromatic carbocycles. The molecule has 0 fully saturated rings. The molecular formula is C23H28FIN4O2. The zero-order valence-electron chi connectivity index (χ0n) is 17.6. The molecule has 0 bridgehead atoms. The Kier molecular flexibility index (Phi) is 9.90. The standard InChI is InChI=1S/C23H27FN4O2.HI/c1-2-25-23(27-15-13-17-9-11-18(24)12-10-17)26-14-5-6-16-28-21(29)19-7-3-4-8-20(19)22(28)30;/h3-4,7-12H,2,5-6,13-16H2,1H3,(H2,25,26,27);1H. The molecule has 0 saturated carbocycles. The summed E-state index contributed by atoms with van der Waals surface area (Å²) >= 11 is 0. The van der Waals surface area contributed by atoms with Gasteiger partial charge >= 0.3 is 0 Å². The highest BCUT2D eigenvalue weighted by atomic mass is 127. The molecule has 2 N–H and O–H groups in total. The molecule has 0 atom stereocenters. The summed E-state index contributed by atoms with van der Waals surface area (Å²) in [5.74, 6) is 0.0629. The number of benzene rings is 2. The molecular weight excluding hydrogens is 510 g/mol. The van der Waals surface area contributed by atoms with Gasteiger partial charge in [-0.05, 0) is 56.0 Å². The Morgan fingerprint density at radius 2 is 1.61 bits per heavy atom. The van der Waals surface area contributed by atoms with Crippen molar-refractivity contribution in [3.05, 3.63) is 71.0 Å². The molecule has 0 spiro atoms. The van der Waals surface area contributed by atoms with Crippen molar-refractivity contribution in [1.82, 2.24) is 15.5 Å². The number of hydrogen-bond donors (Lipinski definition) is 2. The highest BCUT2D eigenvalue weighted by molar-refractivity contribution is 14.0. The number of unbranched alkanes of at least 4 members (excludes halogenated alkanes) is 1. The maximum absolute atomic E-state index is 13.0. The Morgan fingerprint density at radius 3 is 2.23 bits per heavy atom. The van der Waals surface area contributed by atoms with Crippen molar-refractivity contribution in [1.29, 1.82) is 0 Å². The summed E-state index contributed by atoms with van der Waals surface area (Å²) in [6.45, 7) is 4.43. The van der Waals surface area contributed by atoms with Crippen molar-refractivity contribution in [3.8, 4) is 0 Å². The first-order valence-electron chi connectivity index (χ1n) is 10.3. The number of hydrogen-bond acceptors (Lipinski definition) is 3. The largest absolute Gasteiger partial charge is 0.357 e. The summed E-state index contributed by atoms with van der Waals surface area (Å²) in [5.41, 5.74) is 2.03. The van der Waals surface area contributed by atoms with Crippen LogP contribution in [0.15, 0.2) is 53.5 Å². The number of imide groups is 1. The Balaban J connectivity index is 0.00000341. The number of halogens is 2. The van der Waals surface area contributed by atoms with Crippen molar-refractivity contribution in [2.75, 3.05) is 26.2 Å². The second kappa shape index (κ2) is 12.4. The van der Waals surface area contributed by atoms with Gasteiger partial charge in [-0.1, -0.05) is 24.3 Å². The molecule has 6 nitrogen and oxygen atoms in total. The summed E-state index contributed by atoms with van der Waals surface area (Å²) in [5, 5.41) is 6.46. The summed E-state index contributed by atoms with van der Waals surface area (Å²) in [6, 6.07) is 13.4. The van der Waals surface area contributed by atoms with E-state index < -0.39 is 0 Å². The third-order valence-electron chi connectivity index (χ3n) is 4.90. The summed E-state index contributed by atoms with van der Waals surface area (Å²) < 4.78 is 13.0. The first-order valence-corrected chi connectivity index (χ1v) is 10.3. The average molecular weight is 538 g/mol. The third-order valence-corrected chi connectivity index (χ3v) is 4.90. The molecule has 8 heteroatoms. The van der Waals surface area contributed by atoms with Crippen LogP contribution in [0.3, 0.4) is 0 Å². The Morgan fingerprint density at radius 1 is 0.968 bits per heavy atom. The minimum Gasteiger partial charge on any atom is -0.357 e. The highest BCUT2D eigenvalue weighted by Gasteiger charge is 2.34. The first kappa shape index (κ1) is 24.8. The van der Waals surface area contributed by atoms with Crippen LogP contribution >= 0.6 is 24.0 Å². The molecule has 0 radical (unpaired) electrons. The summed E-state index contributed by atoms with van der Waals surface area (Å²) in [7, 11) is 0. The zero-order valence-corrected chi connectivity index (χ0v) is 19.9. The van der Waals surface area contributed by atoms with E-state index in [2.05, 4.69) is 15.6 Å². The van der Waals surface area contributed by atoms with Crippen LogP contribution in [0.25, 0.3) is 0 Å². The van der Waals surface area contributed by atoms with E-state index in [4.69, 9.17) is 0 Å². The van der Waals surface area contributed by atoms with Crippen LogP contribution in [0.5, 0.6) is 0 Å². The Hall–Kier alpha value is -2.49. The molecule has 1 aliphatic heterocycles. The molecule has 0 aliphatic carbocycles. The Bertz CT molecular complexity index is 883. The second-order valence-corrected chi connectivity index (χ2v) is 7.08. The van der Waals surface area contributed by atoms with E-state index >= 15 is 0 Å². The fraction of sp³-hybridized carbons (Fsp3) is 0.348. The normalized spacial score (nSPS) is 13.1. The van der Waals surface area contributed by atoms with Gasteiger partial charge in [-0.15, -0.1) is 24.0 Å². The van der Waals surface area contributed by atoms with Gasteiger partial charge in [-0.25, -0.2) is 4.39 Å². The molecule has 3 rings (SSSR count).